The fourth-order valence-corrected chi connectivity index (χ4v) is 4.44. The van der Waals surface area contributed by atoms with Crippen LogP contribution in [0.1, 0.15) is 22.6 Å². The lowest BCUT2D eigenvalue weighted by molar-refractivity contribution is -0.131. The number of benzene rings is 1. The van der Waals surface area contributed by atoms with Crippen molar-refractivity contribution in [3.63, 3.8) is 0 Å². The number of amides is 1. The second-order valence-corrected chi connectivity index (χ2v) is 8.05. The number of nitrogens with zero attached hydrogens (tertiary/aromatic N) is 3. The Morgan fingerprint density at radius 3 is 2.69 bits per heavy atom. The number of thiazole rings is 1. The summed E-state index contributed by atoms with van der Waals surface area (Å²) in [7, 11) is 0. The number of rotatable bonds is 4. The Kier molecular flexibility index (Phi) is 4.68. The molecule has 5 nitrogen and oxygen atoms in total. The highest BCUT2D eigenvalue weighted by molar-refractivity contribution is 7.15. The van der Waals surface area contributed by atoms with Crippen LogP contribution in [0.2, 0.25) is 0 Å². The SMILES string of the molecule is Cc1nc(N2CCN(C(=O)CCc3c[nH]c4ccccc34)CC2)sc1C. The van der Waals surface area contributed by atoms with Gasteiger partial charge in [0.2, 0.25) is 5.91 Å². The molecule has 1 aliphatic heterocycles. The maximum Gasteiger partial charge on any atom is 0.223 e. The van der Waals surface area contributed by atoms with E-state index in [9.17, 15) is 4.79 Å². The van der Waals surface area contributed by atoms with Gasteiger partial charge in [-0.2, -0.15) is 0 Å². The van der Waals surface area contributed by atoms with Crippen molar-refractivity contribution in [2.24, 2.45) is 0 Å². The summed E-state index contributed by atoms with van der Waals surface area (Å²) in [6, 6.07) is 8.26. The second-order valence-electron chi connectivity index (χ2n) is 6.87. The molecule has 3 aromatic rings. The molecule has 1 aliphatic rings. The van der Waals surface area contributed by atoms with Crippen molar-refractivity contribution < 1.29 is 4.79 Å². The van der Waals surface area contributed by atoms with Crippen LogP contribution < -0.4 is 4.90 Å². The summed E-state index contributed by atoms with van der Waals surface area (Å²) in [5.74, 6) is 0.251. The van der Waals surface area contributed by atoms with Crippen LogP contribution in [-0.4, -0.2) is 47.0 Å². The molecule has 0 saturated carbocycles. The van der Waals surface area contributed by atoms with Crippen LogP contribution in [0.25, 0.3) is 10.9 Å². The number of carbonyl (C=O) groups is 1. The van der Waals surface area contributed by atoms with Crippen molar-refractivity contribution in [2.75, 3.05) is 31.1 Å². The minimum Gasteiger partial charge on any atom is -0.361 e. The number of H-pyrrole nitrogens is 1. The molecule has 1 amide bonds. The van der Waals surface area contributed by atoms with E-state index in [1.165, 1.54) is 15.8 Å². The normalized spacial score (nSPS) is 15.0. The molecule has 1 fully saturated rings. The van der Waals surface area contributed by atoms with E-state index in [-0.39, 0.29) is 5.91 Å². The zero-order chi connectivity index (χ0) is 18.1. The molecule has 26 heavy (non-hydrogen) atoms. The molecule has 0 bridgehead atoms. The molecule has 4 rings (SSSR count). The number of aromatic amines is 1. The first-order valence-electron chi connectivity index (χ1n) is 9.13. The van der Waals surface area contributed by atoms with E-state index in [0.29, 0.717) is 6.42 Å². The predicted octanol–water partition coefficient (Wildman–Crippen LogP) is 3.52. The number of piperazine rings is 1. The smallest absolute Gasteiger partial charge is 0.223 e. The highest BCUT2D eigenvalue weighted by atomic mass is 32.1. The van der Waals surface area contributed by atoms with Gasteiger partial charge in [-0.25, -0.2) is 4.98 Å². The first kappa shape index (κ1) is 17.1. The molecule has 6 heteroatoms. The quantitative estimate of drug-likeness (QED) is 0.767. The topological polar surface area (TPSA) is 52.2 Å². The van der Waals surface area contributed by atoms with Crippen molar-refractivity contribution >= 4 is 33.3 Å². The molecule has 0 unspecified atom stereocenters. The van der Waals surface area contributed by atoms with Gasteiger partial charge in [-0.3, -0.25) is 4.79 Å². The Morgan fingerprint density at radius 2 is 1.96 bits per heavy atom. The van der Waals surface area contributed by atoms with Crippen molar-refractivity contribution in [1.82, 2.24) is 14.9 Å². The van der Waals surface area contributed by atoms with E-state index in [1.54, 1.807) is 11.3 Å². The third kappa shape index (κ3) is 3.33. The summed E-state index contributed by atoms with van der Waals surface area (Å²) >= 11 is 1.75. The monoisotopic (exact) mass is 368 g/mol. The first-order chi connectivity index (χ1) is 12.6. The molecule has 0 radical (unpaired) electrons. The Labute approximate surface area is 157 Å². The first-order valence-corrected chi connectivity index (χ1v) is 9.95. The van der Waals surface area contributed by atoms with E-state index < -0.39 is 0 Å². The molecular formula is C20H24N4OS. The number of hydrogen-bond donors (Lipinski definition) is 1. The van der Waals surface area contributed by atoms with Gasteiger partial charge >= 0.3 is 0 Å². The summed E-state index contributed by atoms with van der Waals surface area (Å²) in [5.41, 5.74) is 3.47. The van der Waals surface area contributed by atoms with E-state index in [0.717, 1.165) is 48.9 Å². The fourth-order valence-electron chi connectivity index (χ4n) is 3.48. The van der Waals surface area contributed by atoms with Gasteiger partial charge in [-0.15, -0.1) is 11.3 Å². The maximum atomic E-state index is 12.6. The summed E-state index contributed by atoms with van der Waals surface area (Å²) in [5, 5.41) is 2.31. The van der Waals surface area contributed by atoms with Crippen LogP contribution in [0.15, 0.2) is 30.5 Å². The average Bonchev–Trinajstić information content (AvgIpc) is 3.23. The highest BCUT2D eigenvalue weighted by Gasteiger charge is 2.23. The number of para-hydroxylation sites is 1. The fraction of sp³-hybridized carbons (Fsp3) is 0.400. The van der Waals surface area contributed by atoms with Gasteiger partial charge in [-0.1, -0.05) is 18.2 Å². The molecule has 1 N–H and O–H groups in total. The number of hydrogen-bond acceptors (Lipinski definition) is 4. The number of fused-ring (bicyclic) bond motifs is 1. The standard InChI is InChI=1S/C20H24N4OS/c1-14-15(2)26-20(22-14)24-11-9-23(10-12-24)19(25)8-7-16-13-21-18-6-4-3-5-17(16)18/h3-6,13,21H,7-12H2,1-2H3. The molecule has 3 heterocycles. The molecular weight excluding hydrogens is 344 g/mol. The molecule has 136 valence electrons. The average molecular weight is 369 g/mol. The van der Waals surface area contributed by atoms with Gasteiger partial charge < -0.3 is 14.8 Å². The van der Waals surface area contributed by atoms with Crippen molar-refractivity contribution in [1.29, 1.82) is 0 Å². The minimum absolute atomic E-state index is 0.251. The Balaban J connectivity index is 1.32. The van der Waals surface area contributed by atoms with E-state index >= 15 is 0 Å². The lowest BCUT2D eigenvalue weighted by atomic mass is 10.1. The van der Waals surface area contributed by atoms with Crippen molar-refractivity contribution in [2.45, 2.75) is 26.7 Å². The zero-order valence-corrected chi connectivity index (χ0v) is 16.1. The molecule has 0 aliphatic carbocycles. The van der Waals surface area contributed by atoms with Gasteiger partial charge in [0.15, 0.2) is 5.13 Å². The molecule has 0 spiro atoms. The Bertz CT molecular complexity index is 901. The Morgan fingerprint density at radius 1 is 1.19 bits per heavy atom. The lowest BCUT2D eigenvalue weighted by Gasteiger charge is -2.34. The largest absolute Gasteiger partial charge is 0.361 e. The number of carbonyl (C=O) groups excluding carboxylic acids is 1. The summed E-state index contributed by atoms with van der Waals surface area (Å²) in [6.45, 7) is 7.46. The number of aromatic nitrogens is 2. The van der Waals surface area contributed by atoms with Crippen LogP contribution in [0.4, 0.5) is 5.13 Å². The number of anilines is 1. The summed E-state index contributed by atoms with van der Waals surface area (Å²) in [4.78, 5) is 26.1. The minimum atomic E-state index is 0.251. The van der Waals surface area contributed by atoms with Crippen LogP contribution in [-0.2, 0) is 11.2 Å². The van der Waals surface area contributed by atoms with Gasteiger partial charge in [0.1, 0.15) is 0 Å². The Hall–Kier alpha value is -2.34. The summed E-state index contributed by atoms with van der Waals surface area (Å²) in [6.07, 6.45) is 3.38. The predicted molar refractivity (Wildman–Crippen MR) is 107 cm³/mol. The molecule has 1 saturated heterocycles. The maximum absolute atomic E-state index is 12.6. The number of nitrogens with one attached hydrogen (secondary N) is 1. The van der Waals surface area contributed by atoms with Crippen LogP contribution >= 0.6 is 11.3 Å². The molecule has 1 aromatic carbocycles. The van der Waals surface area contributed by atoms with Gasteiger partial charge in [0, 0.05) is 54.6 Å². The van der Waals surface area contributed by atoms with E-state index in [4.69, 9.17) is 0 Å². The van der Waals surface area contributed by atoms with Crippen molar-refractivity contribution in [3.8, 4) is 0 Å². The van der Waals surface area contributed by atoms with Gasteiger partial charge in [0.25, 0.3) is 0 Å². The van der Waals surface area contributed by atoms with Crippen LogP contribution in [0.3, 0.4) is 0 Å². The van der Waals surface area contributed by atoms with Gasteiger partial charge in [-0.05, 0) is 31.9 Å². The van der Waals surface area contributed by atoms with E-state index in [2.05, 4.69) is 40.8 Å². The molecule has 2 aromatic heterocycles. The lowest BCUT2D eigenvalue weighted by Crippen LogP contribution is -2.48. The van der Waals surface area contributed by atoms with Crippen molar-refractivity contribution in [3.05, 3.63) is 46.6 Å². The van der Waals surface area contributed by atoms with Crippen LogP contribution in [0, 0.1) is 13.8 Å². The zero-order valence-electron chi connectivity index (χ0n) is 15.3. The number of aryl methyl sites for hydroxylation is 3. The third-order valence-electron chi connectivity index (χ3n) is 5.20. The van der Waals surface area contributed by atoms with E-state index in [1.807, 2.05) is 23.2 Å². The third-order valence-corrected chi connectivity index (χ3v) is 6.34. The highest BCUT2D eigenvalue weighted by Crippen LogP contribution is 2.26. The second kappa shape index (κ2) is 7.11. The van der Waals surface area contributed by atoms with Gasteiger partial charge in [0.05, 0.1) is 5.69 Å². The van der Waals surface area contributed by atoms with Crippen LogP contribution in [0.5, 0.6) is 0 Å². The molecule has 0 atom stereocenters. The summed E-state index contributed by atoms with van der Waals surface area (Å²) < 4.78 is 0.